The lowest BCUT2D eigenvalue weighted by atomic mass is 10.0. The summed E-state index contributed by atoms with van der Waals surface area (Å²) < 4.78 is 282. The first-order valence-electron chi connectivity index (χ1n) is 9.76. The number of halogens is 18. The van der Waals surface area contributed by atoms with Gasteiger partial charge in [-0.05, 0) is 6.42 Å². The first-order valence-corrected chi connectivity index (χ1v) is 12.9. The topological polar surface area (TPSA) is 86.7 Å². The molecule has 0 aliphatic heterocycles. The van der Waals surface area contributed by atoms with Crippen molar-refractivity contribution in [1.29, 1.82) is 0 Å². The van der Waals surface area contributed by atoms with Crippen LogP contribution >= 0.6 is 0 Å². The molecule has 0 amide bonds. The van der Waals surface area contributed by atoms with Crippen LogP contribution in [0.25, 0.3) is 0 Å². The van der Waals surface area contributed by atoms with E-state index in [0.29, 0.717) is 0 Å². The van der Waals surface area contributed by atoms with Crippen molar-refractivity contribution in [3.05, 3.63) is 0 Å². The molecule has 0 aromatic heterocycles. The highest BCUT2D eigenvalue weighted by atomic mass is 32.2. The van der Waals surface area contributed by atoms with Crippen molar-refractivity contribution in [2.24, 2.45) is 0 Å². The lowest BCUT2D eigenvalue weighted by molar-refractivity contribution is -0.396. The molecule has 0 atom stereocenters. The molecule has 41 heavy (non-hydrogen) atoms. The van der Waals surface area contributed by atoms with Gasteiger partial charge in [0.25, 0.3) is 20.2 Å². The van der Waals surface area contributed by atoms with Crippen LogP contribution in [0.5, 0.6) is 0 Å². The number of hydrogen-bond acceptors (Lipinski definition) is 6. The Labute approximate surface area is 217 Å². The standard InChI is InChI=1S/C15H14F18O6S2/c16-8(17,10(20,21)12(24,25)14(28,29)30)2-6-40(34,35)38-4-1-5-39-41(36,37)7-3-9(18,19)11(22,23)13(26,27)15(31,32)33/h1-7H2. The van der Waals surface area contributed by atoms with Crippen LogP contribution in [0, 0.1) is 0 Å². The minimum atomic E-state index is -7.31. The maximum atomic E-state index is 13.4. The third-order valence-corrected chi connectivity index (χ3v) is 7.03. The van der Waals surface area contributed by atoms with E-state index < -0.39 is 112 Å². The summed E-state index contributed by atoms with van der Waals surface area (Å²) in [5.74, 6) is -46.1. The third kappa shape index (κ3) is 8.79. The molecule has 0 saturated carbocycles. The van der Waals surface area contributed by atoms with E-state index in [1.807, 2.05) is 0 Å². The molecule has 6 nitrogen and oxygen atoms in total. The van der Waals surface area contributed by atoms with Gasteiger partial charge in [-0.25, -0.2) is 0 Å². The zero-order valence-electron chi connectivity index (χ0n) is 19.0. The first-order chi connectivity index (χ1) is 17.6. The van der Waals surface area contributed by atoms with E-state index in [1.165, 1.54) is 0 Å². The Morgan fingerprint density at radius 3 is 0.878 bits per heavy atom. The predicted octanol–water partition coefficient (Wildman–Crippen LogP) is 5.79. The van der Waals surface area contributed by atoms with Gasteiger partial charge in [0.15, 0.2) is 0 Å². The van der Waals surface area contributed by atoms with Gasteiger partial charge in [0.2, 0.25) is 0 Å². The van der Waals surface area contributed by atoms with Crippen LogP contribution in [0.15, 0.2) is 0 Å². The highest BCUT2D eigenvalue weighted by molar-refractivity contribution is 7.86. The van der Waals surface area contributed by atoms with Crippen molar-refractivity contribution in [1.82, 2.24) is 0 Å². The molecule has 0 aliphatic carbocycles. The van der Waals surface area contributed by atoms with Crippen molar-refractivity contribution in [2.45, 2.75) is 67.2 Å². The van der Waals surface area contributed by atoms with Crippen molar-refractivity contribution >= 4 is 20.2 Å². The van der Waals surface area contributed by atoms with Crippen molar-refractivity contribution < 1.29 is 104 Å². The van der Waals surface area contributed by atoms with Gasteiger partial charge in [0.1, 0.15) is 0 Å². The van der Waals surface area contributed by atoms with E-state index in [4.69, 9.17) is 0 Å². The fraction of sp³-hybridized carbons (Fsp3) is 1.00. The van der Waals surface area contributed by atoms with Crippen LogP contribution in [-0.2, 0) is 28.6 Å². The van der Waals surface area contributed by atoms with Crippen LogP contribution < -0.4 is 0 Å². The SMILES string of the molecule is O=S(=O)(CCC(F)(F)C(F)(F)C(F)(F)C(F)(F)F)OCCCOS(=O)(=O)CCC(F)(F)C(F)(F)C(F)(F)C(F)(F)F. The van der Waals surface area contributed by atoms with Crippen LogP contribution in [-0.4, -0.2) is 89.4 Å². The predicted molar refractivity (Wildman–Crippen MR) is 95.1 cm³/mol. The quantitative estimate of drug-likeness (QED) is 0.116. The molecular weight excluding hydrogens is 682 g/mol. The molecule has 0 N–H and O–H groups in total. The second kappa shape index (κ2) is 11.9. The van der Waals surface area contributed by atoms with E-state index >= 15 is 0 Å². The normalized spacial score (nSPS) is 15.9. The van der Waals surface area contributed by atoms with Crippen molar-refractivity contribution in [3.63, 3.8) is 0 Å². The summed E-state index contributed by atoms with van der Waals surface area (Å²) in [6.45, 7) is -2.71. The average molecular weight is 696 g/mol. The number of rotatable bonds is 16. The zero-order valence-corrected chi connectivity index (χ0v) is 20.7. The Balaban J connectivity index is 4.99. The summed E-state index contributed by atoms with van der Waals surface area (Å²) in [6.07, 6.45) is -21.1. The maximum Gasteiger partial charge on any atom is 0.460 e. The second-order valence-corrected chi connectivity index (χ2v) is 11.2. The summed E-state index contributed by atoms with van der Waals surface area (Å²) in [5, 5.41) is 0. The summed E-state index contributed by atoms with van der Waals surface area (Å²) >= 11 is 0. The molecular formula is C15H14F18O6S2. The minimum Gasteiger partial charge on any atom is -0.270 e. The zero-order chi connectivity index (χ0) is 33.4. The highest BCUT2D eigenvalue weighted by Crippen LogP contribution is 2.55. The third-order valence-electron chi connectivity index (χ3n) is 4.57. The molecule has 0 radical (unpaired) electrons. The van der Waals surface area contributed by atoms with Gasteiger partial charge >= 0.3 is 47.9 Å². The van der Waals surface area contributed by atoms with Gasteiger partial charge in [-0.3, -0.25) is 8.37 Å². The smallest absolute Gasteiger partial charge is 0.270 e. The molecule has 0 saturated heterocycles. The first kappa shape index (κ1) is 39.6. The maximum absolute atomic E-state index is 13.4. The largest absolute Gasteiger partial charge is 0.460 e. The molecule has 0 aromatic carbocycles. The Morgan fingerprint density at radius 2 is 0.659 bits per heavy atom. The van der Waals surface area contributed by atoms with Gasteiger partial charge in [0.05, 0.1) is 24.7 Å². The Kier molecular flexibility index (Phi) is 11.5. The molecule has 26 heteroatoms. The number of alkyl halides is 18. The van der Waals surface area contributed by atoms with Crippen LogP contribution in [0.1, 0.15) is 19.3 Å². The van der Waals surface area contributed by atoms with E-state index in [-0.39, 0.29) is 0 Å². The number of hydrogen-bond donors (Lipinski definition) is 0. The van der Waals surface area contributed by atoms with Crippen LogP contribution in [0.3, 0.4) is 0 Å². The fourth-order valence-corrected chi connectivity index (χ4v) is 4.18. The van der Waals surface area contributed by atoms with Gasteiger partial charge in [-0.1, -0.05) is 0 Å². The van der Waals surface area contributed by atoms with E-state index in [0.717, 1.165) is 0 Å². The Hall–Kier alpha value is -1.44. The lowest BCUT2D eigenvalue weighted by Gasteiger charge is -2.33. The summed E-state index contributed by atoms with van der Waals surface area (Å²) in [7, 11) is -10.9. The summed E-state index contributed by atoms with van der Waals surface area (Å²) in [5.41, 5.74) is 0. The van der Waals surface area contributed by atoms with E-state index in [9.17, 15) is 95.9 Å². The van der Waals surface area contributed by atoms with E-state index in [1.54, 1.807) is 0 Å². The molecule has 248 valence electrons. The van der Waals surface area contributed by atoms with E-state index in [2.05, 4.69) is 8.37 Å². The summed E-state index contributed by atoms with van der Waals surface area (Å²) in [6, 6.07) is 0. The second-order valence-electron chi connectivity index (χ2n) is 7.72. The molecule has 0 fully saturated rings. The van der Waals surface area contributed by atoms with Crippen LogP contribution in [0.2, 0.25) is 0 Å². The van der Waals surface area contributed by atoms with Crippen molar-refractivity contribution in [3.8, 4) is 0 Å². The molecule has 0 heterocycles. The monoisotopic (exact) mass is 696 g/mol. The van der Waals surface area contributed by atoms with Crippen LogP contribution in [0.4, 0.5) is 79.0 Å². The summed E-state index contributed by atoms with van der Waals surface area (Å²) in [4.78, 5) is 0. The Morgan fingerprint density at radius 1 is 0.415 bits per heavy atom. The lowest BCUT2D eigenvalue weighted by Crippen LogP contribution is -2.61. The van der Waals surface area contributed by atoms with Gasteiger partial charge in [0, 0.05) is 12.8 Å². The van der Waals surface area contributed by atoms with Crippen molar-refractivity contribution in [2.75, 3.05) is 24.7 Å². The molecule has 0 rings (SSSR count). The Bertz CT molecular complexity index is 1010. The fourth-order valence-electron chi connectivity index (χ4n) is 2.18. The van der Waals surface area contributed by atoms with Gasteiger partial charge in [-0.15, -0.1) is 0 Å². The molecule has 0 spiro atoms. The highest BCUT2D eigenvalue weighted by Gasteiger charge is 2.82. The molecule has 0 aliphatic rings. The molecule has 0 aromatic rings. The molecule has 0 unspecified atom stereocenters. The van der Waals surface area contributed by atoms with Gasteiger partial charge < -0.3 is 0 Å². The average Bonchev–Trinajstić information content (AvgIpc) is 2.74. The van der Waals surface area contributed by atoms with Gasteiger partial charge in [-0.2, -0.15) is 95.9 Å². The molecule has 0 bridgehead atoms. The minimum absolute atomic E-state index is 1.03.